The van der Waals surface area contributed by atoms with Gasteiger partial charge in [0.15, 0.2) is 0 Å². The van der Waals surface area contributed by atoms with Gasteiger partial charge in [0.1, 0.15) is 17.6 Å². The average molecular weight is 484 g/mol. The number of likely N-dealkylation sites (tertiary alicyclic amines) is 1. The van der Waals surface area contributed by atoms with E-state index >= 15 is 0 Å². The first-order valence-corrected chi connectivity index (χ1v) is 11.8. The second-order valence-corrected chi connectivity index (χ2v) is 8.76. The molecule has 0 radical (unpaired) electrons. The highest BCUT2D eigenvalue weighted by Crippen LogP contribution is 2.25. The number of benzene rings is 2. The van der Waals surface area contributed by atoms with Gasteiger partial charge in [0.05, 0.1) is 20.3 Å². The second kappa shape index (κ2) is 11.3. The highest BCUT2D eigenvalue weighted by Gasteiger charge is 2.36. The van der Waals surface area contributed by atoms with Crippen LogP contribution in [-0.2, 0) is 9.53 Å². The molecule has 9 heteroatoms. The van der Waals surface area contributed by atoms with Crippen molar-refractivity contribution in [3.63, 3.8) is 0 Å². The number of hydrogen-bond donors (Lipinski definition) is 1. The van der Waals surface area contributed by atoms with Crippen LogP contribution in [0.5, 0.6) is 5.75 Å². The molecular weight excluding hydrogens is 453 g/mol. The number of rotatable bonds is 6. The normalized spacial score (nSPS) is 17.5. The molecule has 8 nitrogen and oxygen atoms in total. The fourth-order valence-electron chi connectivity index (χ4n) is 4.56. The van der Waals surface area contributed by atoms with Crippen molar-refractivity contribution in [2.45, 2.75) is 18.9 Å². The van der Waals surface area contributed by atoms with Crippen molar-refractivity contribution < 1.29 is 28.2 Å². The Morgan fingerprint density at radius 2 is 1.66 bits per heavy atom. The number of halogens is 1. The minimum Gasteiger partial charge on any atom is -0.497 e. The third-order valence-electron chi connectivity index (χ3n) is 6.60. The fourth-order valence-corrected chi connectivity index (χ4v) is 4.56. The van der Waals surface area contributed by atoms with Crippen molar-refractivity contribution in [1.29, 1.82) is 0 Å². The van der Waals surface area contributed by atoms with Crippen LogP contribution in [0, 0.1) is 11.7 Å². The Labute approximate surface area is 204 Å². The number of nitrogens with one attached hydrogen (secondary N) is 1. The number of carbonyl (C=O) groups excluding carboxylic acids is 3. The first kappa shape index (κ1) is 24.7. The van der Waals surface area contributed by atoms with Crippen LogP contribution in [-0.4, -0.2) is 80.1 Å². The summed E-state index contributed by atoms with van der Waals surface area (Å²) in [6.45, 7) is 2.78. The number of nitrogens with zero attached hydrogens (tertiary/aromatic N) is 2. The molecule has 3 amide bonds. The lowest BCUT2D eigenvalue weighted by Crippen LogP contribution is -2.56. The quantitative estimate of drug-likeness (QED) is 0.682. The Kier molecular flexibility index (Phi) is 7.97. The lowest BCUT2D eigenvalue weighted by Gasteiger charge is -2.38. The third kappa shape index (κ3) is 5.97. The topological polar surface area (TPSA) is 88.2 Å². The van der Waals surface area contributed by atoms with E-state index in [4.69, 9.17) is 9.47 Å². The van der Waals surface area contributed by atoms with Crippen molar-refractivity contribution in [3.05, 3.63) is 65.5 Å². The molecule has 2 heterocycles. The summed E-state index contributed by atoms with van der Waals surface area (Å²) in [6.07, 6.45) is 1.12. The molecule has 1 atom stereocenters. The summed E-state index contributed by atoms with van der Waals surface area (Å²) in [7, 11) is 1.53. The van der Waals surface area contributed by atoms with Crippen LogP contribution in [0.4, 0.5) is 4.39 Å². The van der Waals surface area contributed by atoms with Crippen LogP contribution in [0.3, 0.4) is 0 Å². The molecule has 0 unspecified atom stereocenters. The molecule has 0 aliphatic carbocycles. The summed E-state index contributed by atoms with van der Waals surface area (Å²) in [6, 6.07) is 11.6. The summed E-state index contributed by atoms with van der Waals surface area (Å²) in [5.41, 5.74) is 0.838. The molecule has 2 aromatic carbocycles. The standard InChI is InChI=1S/C26H30FN3O5/c1-34-22-4-2-3-20(17-22)24(31)28-23(26(33)30-13-15-35-16-14-30)18-9-11-29(12-10-18)25(32)19-5-7-21(27)8-6-19/h2-8,17-18,23H,9-16H2,1H3,(H,28,31)/t23-/m0/s1. The van der Waals surface area contributed by atoms with Crippen molar-refractivity contribution >= 4 is 17.7 Å². The second-order valence-electron chi connectivity index (χ2n) is 8.76. The smallest absolute Gasteiger partial charge is 0.253 e. The van der Waals surface area contributed by atoms with Crippen LogP contribution in [0.2, 0.25) is 0 Å². The Morgan fingerprint density at radius 1 is 0.971 bits per heavy atom. The highest BCUT2D eigenvalue weighted by atomic mass is 19.1. The first-order valence-electron chi connectivity index (χ1n) is 11.8. The molecule has 35 heavy (non-hydrogen) atoms. The molecule has 2 saturated heterocycles. The van der Waals surface area contributed by atoms with Crippen molar-refractivity contribution in [3.8, 4) is 5.75 Å². The Balaban J connectivity index is 1.47. The van der Waals surface area contributed by atoms with E-state index in [1.54, 1.807) is 34.1 Å². The SMILES string of the molecule is COc1cccc(C(=O)N[C@H](C(=O)N2CCOCC2)C2CCN(C(=O)c3ccc(F)cc3)CC2)c1. The largest absolute Gasteiger partial charge is 0.497 e. The van der Waals surface area contributed by atoms with Crippen LogP contribution in [0.15, 0.2) is 48.5 Å². The molecule has 2 fully saturated rings. The number of piperidine rings is 1. The van der Waals surface area contributed by atoms with Gasteiger partial charge in [0.2, 0.25) is 5.91 Å². The first-order chi connectivity index (χ1) is 17.0. The number of carbonyl (C=O) groups is 3. The zero-order chi connectivity index (χ0) is 24.8. The van der Waals surface area contributed by atoms with Gasteiger partial charge in [-0.15, -0.1) is 0 Å². The molecule has 2 aliphatic heterocycles. The van der Waals surface area contributed by atoms with Gasteiger partial charge in [-0.25, -0.2) is 4.39 Å². The van der Waals surface area contributed by atoms with Gasteiger partial charge in [0.25, 0.3) is 11.8 Å². The molecular formula is C26H30FN3O5. The van der Waals surface area contributed by atoms with Crippen molar-refractivity contribution in [2.24, 2.45) is 5.92 Å². The van der Waals surface area contributed by atoms with Gasteiger partial charge in [-0.2, -0.15) is 0 Å². The maximum absolute atomic E-state index is 13.5. The van der Waals surface area contributed by atoms with E-state index in [0.717, 1.165) is 0 Å². The fraction of sp³-hybridized carbons (Fsp3) is 0.423. The zero-order valence-corrected chi connectivity index (χ0v) is 19.7. The van der Waals surface area contributed by atoms with Crippen molar-refractivity contribution in [2.75, 3.05) is 46.5 Å². The van der Waals surface area contributed by atoms with Crippen molar-refractivity contribution in [1.82, 2.24) is 15.1 Å². The van der Waals surface area contributed by atoms with Crippen LogP contribution >= 0.6 is 0 Å². The summed E-state index contributed by atoms with van der Waals surface area (Å²) in [5, 5.41) is 2.96. The minimum absolute atomic E-state index is 0.128. The van der Waals surface area contributed by atoms with E-state index in [2.05, 4.69) is 5.32 Å². The van der Waals surface area contributed by atoms with Gasteiger partial charge in [-0.3, -0.25) is 14.4 Å². The van der Waals surface area contributed by atoms with E-state index in [1.807, 2.05) is 0 Å². The van der Waals surface area contributed by atoms with E-state index in [0.29, 0.717) is 69.1 Å². The third-order valence-corrected chi connectivity index (χ3v) is 6.60. The lowest BCUT2D eigenvalue weighted by atomic mass is 9.87. The van der Waals surface area contributed by atoms with E-state index in [9.17, 15) is 18.8 Å². The van der Waals surface area contributed by atoms with E-state index in [-0.39, 0.29) is 23.6 Å². The van der Waals surface area contributed by atoms with Gasteiger partial charge in [-0.1, -0.05) is 6.07 Å². The lowest BCUT2D eigenvalue weighted by molar-refractivity contribution is -0.139. The summed E-state index contributed by atoms with van der Waals surface area (Å²) in [5.74, 6) is -0.608. The predicted molar refractivity (Wildman–Crippen MR) is 127 cm³/mol. The number of amides is 3. The molecule has 4 rings (SSSR count). The molecule has 0 saturated carbocycles. The predicted octanol–water partition coefficient (Wildman–Crippen LogP) is 2.34. The minimum atomic E-state index is -0.713. The maximum Gasteiger partial charge on any atom is 0.253 e. The zero-order valence-electron chi connectivity index (χ0n) is 19.7. The summed E-state index contributed by atoms with van der Waals surface area (Å²) >= 11 is 0. The number of ether oxygens (including phenoxy) is 2. The highest BCUT2D eigenvalue weighted by molar-refractivity contribution is 5.98. The van der Waals surface area contributed by atoms with Crippen LogP contribution in [0.25, 0.3) is 0 Å². The molecule has 186 valence electrons. The monoisotopic (exact) mass is 483 g/mol. The van der Waals surface area contributed by atoms with Gasteiger partial charge >= 0.3 is 0 Å². The van der Waals surface area contributed by atoms with Crippen LogP contribution in [0.1, 0.15) is 33.6 Å². The number of methoxy groups -OCH3 is 1. The molecule has 1 N–H and O–H groups in total. The van der Waals surface area contributed by atoms with Crippen LogP contribution < -0.4 is 10.1 Å². The molecule has 0 bridgehead atoms. The Morgan fingerprint density at radius 3 is 2.31 bits per heavy atom. The molecule has 0 aromatic heterocycles. The van der Waals surface area contributed by atoms with E-state index < -0.39 is 11.9 Å². The Hall–Kier alpha value is -3.46. The van der Waals surface area contributed by atoms with Gasteiger partial charge in [0, 0.05) is 37.3 Å². The average Bonchev–Trinajstić information content (AvgIpc) is 2.92. The molecule has 2 aromatic rings. The number of hydrogen-bond acceptors (Lipinski definition) is 5. The number of morpholine rings is 1. The Bertz CT molecular complexity index is 1050. The summed E-state index contributed by atoms with van der Waals surface area (Å²) in [4.78, 5) is 42.8. The maximum atomic E-state index is 13.5. The molecule has 0 spiro atoms. The summed E-state index contributed by atoms with van der Waals surface area (Å²) < 4.78 is 23.8. The van der Waals surface area contributed by atoms with E-state index in [1.165, 1.54) is 31.4 Å². The van der Waals surface area contributed by atoms with Gasteiger partial charge < -0.3 is 24.6 Å². The molecule has 2 aliphatic rings. The van der Waals surface area contributed by atoms with Gasteiger partial charge in [-0.05, 0) is 61.2 Å².